The molecule has 0 spiro atoms. The van der Waals surface area contributed by atoms with Gasteiger partial charge in [0, 0.05) is 12.2 Å². The van der Waals surface area contributed by atoms with E-state index in [0.717, 1.165) is 6.07 Å². The van der Waals surface area contributed by atoms with Crippen LogP contribution in [0.3, 0.4) is 0 Å². The van der Waals surface area contributed by atoms with Gasteiger partial charge in [-0.25, -0.2) is 4.39 Å². The fourth-order valence-electron chi connectivity index (χ4n) is 1.21. The second kappa shape index (κ2) is 6.71. The van der Waals surface area contributed by atoms with Crippen molar-refractivity contribution in [3.05, 3.63) is 24.0 Å². The van der Waals surface area contributed by atoms with E-state index in [-0.39, 0.29) is 29.3 Å². The van der Waals surface area contributed by atoms with Gasteiger partial charge in [-0.1, -0.05) is 0 Å². The molecule has 1 aromatic rings. The average molecular weight is 269 g/mol. The number of nitriles is 1. The summed E-state index contributed by atoms with van der Waals surface area (Å²) < 4.78 is 25.1. The second-order valence-electron chi connectivity index (χ2n) is 3.44. The summed E-state index contributed by atoms with van der Waals surface area (Å²) in [6.45, 7) is 0.191. The zero-order chi connectivity index (χ0) is 13.5. The van der Waals surface area contributed by atoms with Crippen molar-refractivity contribution in [2.75, 3.05) is 18.0 Å². The SMILES string of the molecule is N#CCCNC(=O)CS(=O)c1ccc(N)cc1F. The maximum Gasteiger partial charge on any atom is 0.233 e. The number of nitrogens with two attached hydrogens (primary N) is 1. The fraction of sp³-hybridized carbons (Fsp3) is 0.273. The molecule has 1 unspecified atom stereocenters. The minimum Gasteiger partial charge on any atom is -0.399 e. The number of nitrogen functional groups attached to an aromatic ring is 1. The largest absolute Gasteiger partial charge is 0.399 e. The quantitative estimate of drug-likeness (QED) is 0.602. The molecule has 0 heterocycles. The lowest BCUT2D eigenvalue weighted by atomic mass is 10.3. The van der Waals surface area contributed by atoms with Gasteiger partial charge >= 0.3 is 0 Å². The van der Waals surface area contributed by atoms with Gasteiger partial charge in [-0.3, -0.25) is 9.00 Å². The molecule has 0 aromatic heterocycles. The summed E-state index contributed by atoms with van der Waals surface area (Å²) in [6, 6.07) is 5.63. The minimum absolute atomic E-state index is 0.0559. The third-order valence-corrected chi connectivity index (χ3v) is 3.37. The molecule has 0 saturated heterocycles. The highest BCUT2D eigenvalue weighted by atomic mass is 32.2. The van der Waals surface area contributed by atoms with Crippen molar-refractivity contribution in [3.63, 3.8) is 0 Å². The molecule has 7 heteroatoms. The first-order chi connectivity index (χ1) is 8.54. The summed E-state index contributed by atoms with van der Waals surface area (Å²) in [7, 11) is -1.76. The zero-order valence-corrected chi connectivity index (χ0v) is 10.3. The maximum atomic E-state index is 13.4. The fourth-order valence-corrected chi connectivity index (χ4v) is 2.20. The van der Waals surface area contributed by atoms with E-state index in [4.69, 9.17) is 11.0 Å². The van der Waals surface area contributed by atoms with Crippen LogP contribution >= 0.6 is 0 Å². The van der Waals surface area contributed by atoms with E-state index in [9.17, 15) is 13.4 Å². The van der Waals surface area contributed by atoms with Gasteiger partial charge in [0.05, 0.1) is 28.2 Å². The first kappa shape index (κ1) is 14.1. The molecule has 0 aliphatic heterocycles. The Bertz CT molecular complexity index is 514. The Morgan fingerprint density at radius 1 is 1.56 bits per heavy atom. The van der Waals surface area contributed by atoms with Crippen LogP contribution in [0, 0.1) is 17.1 Å². The third kappa shape index (κ3) is 4.14. The summed E-state index contributed by atoms with van der Waals surface area (Å²) in [6.07, 6.45) is 0.175. The van der Waals surface area contributed by atoms with E-state index in [1.54, 1.807) is 0 Å². The third-order valence-electron chi connectivity index (χ3n) is 2.02. The van der Waals surface area contributed by atoms with Crippen LogP contribution in [0.25, 0.3) is 0 Å². The molecule has 0 aliphatic carbocycles. The molecular weight excluding hydrogens is 257 g/mol. The highest BCUT2D eigenvalue weighted by Gasteiger charge is 2.14. The number of carbonyl (C=O) groups excluding carboxylic acids is 1. The van der Waals surface area contributed by atoms with Gasteiger partial charge in [-0.2, -0.15) is 5.26 Å². The van der Waals surface area contributed by atoms with Crippen LogP contribution in [0.4, 0.5) is 10.1 Å². The van der Waals surface area contributed by atoms with Crippen molar-refractivity contribution in [2.45, 2.75) is 11.3 Å². The lowest BCUT2D eigenvalue weighted by Crippen LogP contribution is -2.29. The summed E-state index contributed by atoms with van der Waals surface area (Å²) in [5, 5.41) is 10.7. The van der Waals surface area contributed by atoms with Crippen LogP contribution in [-0.2, 0) is 15.6 Å². The van der Waals surface area contributed by atoms with Crippen molar-refractivity contribution >= 4 is 22.4 Å². The first-order valence-electron chi connectivity index (χ1n) is 5.11. The number of hydrogen-bond donors (Lipinski definition) is 2. The van der Waals surface area contributed by atoms with Crippen LogP contribution in [0.5, 0.6) is 0 Å². The minimum atomic E-state index is -1.76. The topological polar surface area (TPSA) is 96.0 Å². The van der Waals surface area contributed by atoms with Crippen LogP contribution in [-0.4, -0.2) is 22.4 Å². The Labute approximate surface area is 106 Å². The van der Waals surface area contributed by atoms with E-state index in [2.05, 4.69) is 5.32 Å². The predicted octanol–water partition coefficient (Wildman–Crippen LogP) is 0.545. The molecule has 0 fully saturated rings. The molecule has 1 rings (SSSR count). The number of benzene rings is 1. The molecule has 3 N–H and O–H groups in total. The molecule has 5 nitrogen and oxygen atoms in total. The molecule has 0 aliphatic rings. The number of rotatable bonds is 5. The number of halogens is 1. The van der Waals surface area contributed by atoms with Crippen LogP contribution in [0.15, 0.2) is 23.1 Å². The summed E-state index contributed by atoms with van der Waals surface area (Å²) in [5.74, 6) is -1.52. The van der Waals surface area contributed by atoms with E-state index in [0.29, 0.717) is 0 Å². The van der Waals surface area contributed by atoms with Crippen molar-refractivity contribution in [1.29, 1.82) is 5.26 Å². The van der Waals surface area contributed by atoms with Gasteiger partial charge in [-0.15, -0.1) is 0 Å². The normalized spacial score (nSPS) is 11.6. The van der Waals surface area contributed by atoms with E-state index in [1.807, 2.05) is 6.07 Å². The van der Waals surface area contributed by atoms with Gasteiger partial charge in [0.25, 0.3) is 0 Å². The number of nitrogens with one attached hydrogen (secondary N) is 1. The number of anilines is 1. The van der Waals surface area contributed by atoms with E-state index in [1.165, 1.54) is 12.1 Å². The summed E-state index contributed by atoms with van der Waals surface area (Å²) in [5.41, 5.74) is 5.59. The Hall–Kier alpha value is -1.94. The lowest BCUT2D eigenvalue weighted by Gasteiger charge is -2.05. The lowest BCUT2D eigenvalue weighted by molar-refractivity contribution is -0.118. The molecule has 1 aromatic carbocycles. The van der Waals surface area contributed by atoms with Crippen LogP contribution in [0.1, 0.15) is 6.42 Å². The number of carbonyl (C=O) groups is 1. The molecule has 18 heavy (non-hydrogen) atoms. The number of nitrogens with zero attached hydrogens (tertiary/aromatic N) is 1. The molecule has 0 radical (unpaired) electrons. The highest BCUT2D eigenvalue weighted by Crippen LogP contribution is 2.15. The maximum absolute atomic E-state index is 13.4. The van der Waals surface area contributed by atoms with Gasteiger partial charge in [-0.05, 0) is 18.2 Å². The Morgan fingerprint density at radius 3 is 2.89 bits per heavy atom. The van der Waals surface area contributed by atoms with Gasteiger partial charge in [0.2, 0.25) is 5.91 Å². The second-order valence-corrected chi connectivity index (χ2v) is 4.86. The summed E-state index contributed by atoms with van der Waals surface area (Å²) in [4.78, 5) is 11.3. The van der Waals surface area contributed by atoms with E-state index < -0.39 is 22.5 Å². The van der Waals surface area contributed by atoms with Crippen molar-refractivity contribution in [1.82, 2.24) is 5.32 Å². The number of amides is 1. The van der Waals surface area contributed by atoms with Gasteiger partial charge < -0.3 is 11.1 Å². The zero-order valence-electron chi connectivity index (χ0n) is 9.48. The average Bonchev–Trinajstić information content (AvgIpc) is 2.28. The van der Waals surface area contributed by atoms with Crippen molar-refractivity contribution in [3.8, 4) is 6.07 Å². The Morgan fingerprint density at radius 2 is 2.28 bits per heavy atom. The Kier molecular flexibility index (Phi) is 5.27. The summed E-state index contributed by atoms with van der Waals surface area (Å²) >= 11 is 0. The number of hydrogen-bond acceptors (Lipinski definition) is 4. The van der Waals surface area contributed by atoms with Crippen molar-refractivity contribution < 1.29 is 13.4 Å². The molecule has 1 amide bonds. The van der Waals surface area contributed by atoms with Crippen LogP contribution < -0.4 is 11.1 Å². The molecule has 0 bridgehead atoms. The van der Waals surface area contributed by atoms with Crippen LogP contribution in [0.2, 0.25) is 0 Å². The monoisotopic (exact) mass is 269 g/mol. The molecule has 0 saturated carbocycles. The van der Waals surface area contributed by atoms with E-state index >= 15 is 0 Å². The molecule has 1 atom stereocenters. The molecular formula is C11H12FN3O2S. The van der Waals surface area contributed by atoms with Gasteiger partial charge in [0.15, 0.2) is 0 Å². The predicted molar refractivity (Wildman–Crippen MR) is 65.3 cm³/mol. The van der Waals surface area contributed by atoms with Crippen molar-refractivity contribution in [2.24, 2.45) is 0 Å². The smallest absolute Gasteiger partial charge is 0.233 e. The molecule has 96 valence electrons. The Balaban J connectivity index is 2.60. The highest BCUT2D eigenvalue weighted by molar-refractivity contribution is 7.85. The first-order valence-corrected chi connectivity index (χ1v) is 6.43. The standard InChI is InChI=1S/C11H12FN3O2S/c12-9-6-8(14)2-3-10(9)18(17)7-11(16)15-5-1-4-13/h2-3,6H,1,5,7,14H2,(H,15,16). The van der Waals surface area contributed by atoms with Gasteiger partial charge in [0.1, 0.15) is 11.6 Å².